The van der Waals surface area contributed by atoms with Gasteiger partial charge >= 0.3 is 0 Å². The highest BCUT2D eigenvalue weighted by Gasteiger charge is 2.35. The van der Waals surface area contributed by atoms with Crippen molar-refractivity contribution in [1.82, 2.24) is 10.6 Å². The first-order valence-electron chi connectivity index (χ1n) is 27.1. The zero-order valence-electron chi connectivity index (χ0n) is 43.3. The number of ether oxygens (including phenoxy) is 4. The maximum Gasteiger partial charge on any atom is 0.165 e. The maximum absolute atomic E-state index is 6.88. The predicted molar refractivity (Wildman–Crippen MR) is 300 cm³/mol. The number of fused-ring (bicyclic) bond motifs is 2. The van der Waals surface area contributed by atoms with Crippen molar-refractivity contribution in [2.24, 2.45) is 0 Å². The van der Waals surface area contributed by atoms with Crippen LogP contribution in [0.2, 0.25) is 0 Å². The highest BCUT2D eigenvalue weighted by Crippen LogP contribution is 2.50. The molecule has 2 N–H and O–H groups in total. The number of hydrogen-bond acceptors (Lipinski definition) is 6. The van der Waals surface area contributed by atoms with Gasteiger partial charge in [0, 0.05) is 48.1 Å². The molecule has 0 aromatic heterocycles. The van der Waals surface area contributed by atoms with E-state index >= 15 is 0 Å². The van der Waals surface area contributed by atoms with Gasteiger partial charge in [-0.25, -0.2) is 0 Å². The highest BCUT2D eigenvalue weighted by atomic mass is 16.5. The van der Waals surface area contributed by atoms with E-state index in [1.165, 1.54) is 44.5 Å². The summed E-state index contributed by atoms with van der Waals surface area (Å²) in [7, 11) is 0. The molecule has 0 spiro atoms. The second-order valence-electron chi connectivity index (χ2n) is 20.4. The second kappa shape index (κ2) is 25.2. The molecule has 10 rings (SSSR count). The predicted octanol–water partition coefficient (Wildman–Crippen LogP) is 15.3. The quantitative estimate of drug-likeness (QED) is 0.0501. The monoisotopic (exact) mass is 981 g/mol. The van der Waals surface area contributed by atoms with Crippen molar-refractivity contribution in [3.8, 4) is 23.0 Å². The molecule has 0 fully saturated rings. The standard InChI is InChI=1S/C68H72N2O4/c1-49(55-33-21-9-22-34-55)69-43-59-41-63-61(59)39-57(65(71-45-51-25-11-5-12-26-51)67(63)73-47-53-29-15-7-16-30-53)37-19-3-4-20-38-58-40-62-60(44-70-50(2)56-35-23-10-24-36-56)42-64(62)68(74-48-54-31-17-8-18-32-54)66(58)72-46-52-27-13-6-14-28-52/h5-18,21-36,39-40,49-50,59-60,69-70H,3-4,19-20,37-38,41-48H2,1-2H3. The number of rotatable bonds is 27. The molecule has 2 aliphatic rings. The Bertz CT molecular complexity index is 2780. The summed E-state index contributed by atoms with van der Waals surface area (Å²) in [6.07, 6.45) is 8.04. The van der Waals surface area contributed by atoms with Crippen LogP contribution in [0.1, 0.15) is 130 Å². The van der Waals surface area contributed by atoms with Crippen molar-refractivity contribution >= 4 is 0 Å². The van der Waals surface area contributed by atoms with Gasteiger partial charge in [0.2, 0.25) is 0 Å². The molecule has 0 heterocycles. The van der Waals surface area contributed by atoms with Crippen molar-refractivity contribution in [2.45, 2.75) is 116 Å². The summed E-state index contributed by atoms with van der Waals surface area (Å²) in [4.78, 5) is 0. The van der Waals surface area contributed by atoms with Crippen LogP contribution in [0.25, 0.3) is 0 Å². The van der Waals surface area contributed by atoms with Crippen LogP contribution in [0.15, 0.2) is 194 Å². The van der Waals surface area contributed by atoms with Gasteiger partial charge in [0.15, 0.2) is 23.0 Å². The van der Waals surface area contributed by atoms with Gasteiger partial charge in [-0.15, -0.1) is 0 Å². The van der Waals surface area contributed by atoms with Gasteiger partial charge in [0.05, 0.1) is 0 Å². The number of unbranched alkanes of at least 4 members (excludes halogenated alkanes) is 3. The Morgan fingerprint density at radius 2 is 0.676 bits per heavy atom. The van der Waals surface area contributed by atoms with Gasteiger partial charge in [0.25, 0.3) is 0 Å². The van der Waals surface area contributed by atoms with Gasteiger partial charge in [-0.1, -0.05) is 207 Å². The number of hydrogen-bond donors (Lipinski definition) is 2. The topological polar surface area (TPSA) is 61.0 Å². The molecular formula is C68H72N2O4. The van der Waals surface area contributed by atoms with Crippen LogP contribution < -0.4 is 29.6 Å². The van der Waals surface area contributed by atoms with Crippen LogP contribution in [0.5, 0.6) is 23.0 Å². The third kappa shape index (κ3) is 12.8. The van der Waals surface area contributed by atoms with Gasteiger partial charge in [-0.05, 0) is 108 Å². The number of aryl methyl sites for hydroxylation is 2. The summed E-state index contributed by atoms with van der Waals surface area (Å²) >= 11 is 0. The van der Waals surface area contributed by atoms with Crippen LogP contribution in [0.4, 0.5) is 0 Å². The molecule has 0 saturated heterocycles. The van der Waals surface area contributed by atoms with Crippen molar-refractivity contribution in [3.63, 3.8) is 0 Å². The molecule has 8 aromatic rings. The minimum atomic E-state index is 0.265. The fraction of sp³-hybridized carbons (Fsp3) is 0.294. The summed E-state index contributed by atoms with van der Waals surface area (Å²) in [5.41, 5.74) is 15.0. The van der Waals surface area contributed by atoms with E-state index in [0.29, 0.717) is 38.3 Å². The second-order valence-corrected chi connectivity index (χ2v) is 20.4. The average Bonchev–Trinajstić information content (AvgIpc) is 3.45. The summed E-state index contributed by atoms with van der Waals surface area (Å²) < 4.78 is 27.5. The van der Waals surface area contributed by atoms with Crippen LogP contribution in [0, 0.1) is 0 Å². The first-order chi connectivity index (χ1) is 36.5. The Morgan fingerprint density at radius 1 is 0.378 bits per heavy atom. The average molecular weight is 981 g/mol. The smallest absolute Gasteiger partial charge is 0.165 e. The Balaban J connectivity index is 0.873. The first kappa shape index (κ1) is 50.4. The van der Waals surface area contributed by atoms with E-state index in [2.05, 4.69) is 219 Å². The van der Waals surface area contributed by atoms with Crippen LogP contribution in [-0.4, -0.2) is 13.1 Å². The maximum atomic E-state index is 6.88. The van der Waals surface area contributed by atoms with Crippen molar-refractivity contribution in [1.29, 1.82) is 0 Å². The minimum Gasteiger partial charge on any atom is -0.485 e. The summed E-state index contributed by atoms with van der Waals surface area (Å²) in [5, 5.41) is 7.71. The van der Waals surface area contributed by atoms with Crippen LogP contribution in [-0.2, 0) is 52.1 Å². The molecule has 378 valence electrons. The summed E-state index contributed by atoms with van der Waals surface area (Å²) in [6, 6.07) is 68.9. The molecule has 4 atom stereocenters. The Morgan fingerprint density at radius 3 is 1.00 bits per heavy atom. The lowest BCUT2D eigenvalue weighted by atomic mass is 9.75. The van der Waals surface area contributed by atoms with Crippen LogP contribution in [0.3, 0.4) is 0 Å². The fourth-order valence-electron chi connectivity index (χ4n) is 10.7. The zero-order valence-corrected chi connectivity index (χ0v) is 43.3. The molecule has 8 aromatic carbocycles. The Labute approximate surface area is 440 Å². The number of benzene rings is 8. The largest absolute Gasteiger partial charge is 0.485 e. The van der Waals surface area contributed by atoms with E-state index in [-0.39, 0.29) is 12.1 Å². The molecule has 0 radical (unpaired) electrons. The van der Waals surface area contributed by atoms with E-state index in [1.54, 1.807) is 0 Å². The van der Waals surface area contributed by atoms with Crippen molar-refractivity contribution in [2.75, 3.05) is 13.1 Å². The molecule has 4 unspecified atom stereocenters. The molecule has 0 bridgehead atoms. The fourth-order valence-corrected chi connectivity index (χ4v) is 10.7. The SMILES string of the molecule is CC(NCC1Cc2c1cc(CCCCCCc1cc3c(c(OCc4ccccc4)c1OCc1ccccc1)CC3CNC(C)c1ccccc1)c(OCc1ccccc1)c2OCc1ccccc1)c1ccccc1. The van der Waals surface area contributed by atoms with Crippen LogP contribution >= 0.6 is 0 Å². The third-order valence-corrected chi connectivity index (χ3v) is 15.2. The molecule has 2 aliphatic carbocycles. The van der Waals surface area contributed by atoms with E-state index in [1.807, 2.05) is 0 Å². The van der Waals surface area contributed by atoms with E-state index < -0.39 is 0 Å². The Kier molecular flexibility index (Phi) is 17.2. The van der Waals surface area contributed by atoms with Gasteiger partial charge in [-0.2, -0.15) is 0 Å². The van der Waals surface area contributed by atoms with Gasteiger partial charge in [0.1, 0.15) is 26.4 Å². The summed E-state index contributed by atoms with van der Waals surface area (Å²) in [6.45, 7) is 8.31. The molecule has 0 amide bonds. The van der Waals surface area contributed by atoms with Gasteiger partial charge < -0.3 is 29.6 Å². The van der Waals surface area contributed by atoms with Crippen molar-refractivity contribution < 1.29 is 18.9 Å². The lowest BCUT2D eigenvalue weighted by Crippen LogP contribution is -2.31. The van der Waals surface area contributed by atoms with Gasteiger partial charge in [-0.3, -0.25) is 0 Å². The first-order valence-corrected chi connectivity index (χ1v) is 27.1. The van der Waals surface area contributed by atoms with E-state index in [4.69, 9.17) is 18.9 Å². The molecule has 0 aliphatic heterocycles. The molecule has 74 heavy (non-hydrogen) atoms. The Hall–Kier alpha value is -7.12. The lowest BCUT2D eigenvalue weighted by Gasteiger charge is -2.35. The molecule has 6 heteroatoms. The van der Waals surface area contributed by atoms with E-state index in [9.17, 15) is 0 Å². The lowest BCUT2D eigenvalue weighted by molar-refractivity contribution is 0.247. The van der Waals surface area contributed by atoms with E-state index in [0.717, 1.165) is 110 Å². The molecule has 6 nitrogen and oxygen atoms in total. The molecule has 0 saturated carbocycles. The third-order valence-electron chi connectivity index (χ3n) is 15.2. The normalized spacial score (nSPS) is 15.2. The van der Waals surface area contributed by atoms with Crippen molar-refractivity contribution in [3.05, 3.63) is 261 Å². The minimum absolute atomic E-state index is 0.265. The highest BCUT2D eigenvalue weighted by molar-refractivity contribution is 5.62. The number of nitrogens with one attached hydrogen (secondary N) is 2. The zero-order chi connectivity index (χ0) is 50.3. The summed E-state index contributed by atoms with van der Waals surface area (Å²) in [5.74, 6) is 4.45. The molecular weight excluding hydrogens is 909 g/mol.